The van der Waals surface area contributed by atoms with E-state index in [2.05, 4.69) is 11.9 Å². The summed E-state index contributed by atoms with van der Waals surface area (Å²) in [5, 5.41) is 1.35. The molecule has 0 aromatic carbocycles. The lowest BCUT2D eigenvalue weighted by atomic mass is 10.2. The molecule has 0 saturated carbocycles. The van der Waals surface area contributed by atoms with E-state index in [9.17, 15) is 0 Å². The number of nitrogens with zero attached hydrogens (tertiary/aromatic N) is 1. The molecule has 94 valence electrons. The number of thiocarbonyl (C=S) groups is 1. The predicted molar refractivity (Wildman–Crippen MR) is 80.0 cm³/mol. The van der Waals surface area contributed by atoms with Crippen LogP contribution in [-0.4, -0.2) is 15.7 Å². The average molecular weight is 289 g/mol. The van der Waals surface area contributed by atoms with Crippen molar-refractivity contribution in [3.8, 4) is 0 Å². The lowest BCUT2D eigenvalue weighted by molar-refractivity contribution is 0.706. The summed E-state index contributed by atoms with van der Waals surface area (Å²) in [6, 6.07) is 3.60. The van der Waals surface area contributed by atoms with Crippen LogP contribution >= 0.6 is 35.6 Å². The number of halogens is 1. The van der Waals surface area contributed by atoms with Crippen molar-refractivity contribution in [1.29, 1.82) is 0 Å². The zero-order chi connectivity index (χ0) is 12.7. The lowest BCUT2D eigenvalue weighted by Crippen LogP contribution is -2.09. The third-order valence-corrected chi connectivity index (χ3v) is 3.73. The molecule has 1 aromatic rings. The molecule has 1 rings (SSSR count). The zero-order valence-corrected chi connectivity index (χ0v) is 12.3. The normalized spacial score (nSPS) is 10.5. The van der Waals surface area contributed by atoms with Crippen LogP contribution in [0.2, 0.25) is 5.15 Å². The lowest BCUT2D eigenvalue weighted by Gasteiger charge is -2.04. The highest BCUT2D eigenvalue weighted by atomic mass is 35.5. The van der Waals surface area contributed by atoms with Crippen molar-refractivity contribution in [2.75, 3.05) is 5.75 Å². The molecule has 1 aromatic heterocycles. The summed E-state index contributed by atoms with van der Waals surface area (Å²) in [5.41, 5.74) is 6.37. The molecular formula is C12H17ClN2S2. The minimum atomic E-state index is 0.363. The molecule has 1 heterocycles. The van der Waals surface area contributed by atoms with Gasteiger partial charge in [0.05, 0.1) is 5.03 Å². The number of hydrogen-bond acceptors (Lipinski definition) is 3. The van der Waals surface area contributed by atoms with Crippen LogP contribution in [0.25, 0.3) is 0 Å². The minimum Gasteiger partial charge on any atom is -0.389 e. The van der Waals surface area contributed by atoms with E-state index in [1.807, 2.05) is 6.07 Å². The fourth-order valence-electron chi connectivity index (χ4n) is 1.39. The molecule has 2 N–H and O–H groups in total. The molecule has 0 fully saturated rings. The summed E-state index contributed by atoms with van der Waals surface area (Å²) in [6.45, 7) is 2.21. The van der Waals surface area contributed by atoms with Gasteiger partial charge in [0.25, 0.3) is 0 Å². The topological polar surface area (TPSA) is 38.9 Å². The largest absolute Gasteiger partial charge is 0.389 e. The van der Waals surface area contributed by atoms with Crippen molar-refractivity contribution in [3.63, 3.8) is 0 Å². The van der Waals surface area contributed by atoms with Gasteiger partial charge in [0.2, 0.25) is 0 Å². The van der Waals surface area contributed by atoms with Crippen LogP contribution in [0.5, 0.6) is 0 Å². The van der Waals surface area contributed by atoms with Crippen LogP contribution in [0.4, 0.5) is 0 Å². The van der Waals surface area contributed by atoms with Crippen LogP contribution in [0, 0.1) is 0 Å². The molecule has 0 saturated heterocycles. The van der Waals surface area contributed by atoms with Crippen LogP contribution < -0.4 is 5.73 Å². The maximum Gasteiger partial charge on any atom is 0.131 e. The number of nitrogens with two attached hydrogens (primary N) is 1. The summed E-state index contributed by atoms with van der Waals surface area (Å²) in [7, 11) is 0. The molecule has 0 aliphatic heterocycles. The van der Waals surface area contributed by atoms with E-state index >= 15 is 0 Å². The first-order valence-corrected chi connectivity index (χ1v) is 7.51. The Bertz CT molecular complexity index is 383. The van der Waals surface area contributed by atoms with Crippen molar-refractivity contribution in [3.05, 3.63) is 22.8 Å². The second-order valence-corrected chi connectivity index (χ2v) is 5.73. The highest BCUT2D eigenvalue weighted by Gasteiger charge is 2.04. The van der Waals surface area contributed by atoms with E-state index in [1.54, 1.807) is 17.8 Å². The SMILES string of the molecule is CCCCCCSc1cc(C(N)=S)cc(Cl)n1. The smallest absolute Gasteiger partial charge is 0.131 e. The molecule has 0 radical (unpaired) electrons. The van der Waals surface area contributed by atoms with E-state index in [4.69, 9.17) is 29.6 Å². The third kappa shape index (κ3) is 5.70. The van der Waals surface area contributed by atoms with Crippen LogP contribution in [0.3, 0.4) is 0 Å². The molecular weight excluding hydrogens is 272 g/mol. The molecule has 0 unspecified atom stereocenters. The second-order valence-electron chi connectivity index (χ2n) is 3.79. The third-order valence-electron chi connectivity index (χ3n) is 2.30. The van der Waals surface area contributed by atoms with Gasteiger partial charge >= 0.3 is 0 Å². The Balaban J connectivity index is 2.50. The Labute approximate surface area is 117 Å². The van der Waals surface area contributed by atoms with Crippen LogP contribution in [-0.2, 0) is 0 Å². The van der Waals surface area contributed by atoms with Gasteiger partial charge in [-0.3, -0.25) is 0 Å². The summed E-state index contributed by atoms with van der Waals surface area (Å²) in [6.07, 6.45) is 5.02. The van der Waals surface area contributed by atoms with Gasteiger partial charge in [0, 0.05) is 5.56 Å². The molecule has 0 bridgehead atoms. The maximum atomic E-state index is 5.92. The van der Waals surface area contributed by atoms with Gasteiger partial charge in [-0.2, -0.15) is 0 Å². The molecule has 0 spiro atoms. The second kappa shape index (κ2) is 7.90. The van der Waals surface area contributed by atoms with E-state index in [0.717, 1.165) is 16.3 Å². The van der Waals surface area contributed by atoms with Crippen molar-refractivity contribution in [1.82, 2.24) is 4.98 Å². The molecule has 5 heteroatoms. The Morgan fingerprint density at radius 1 is 1.41 bits per heavy atom. The first-order valence-electron chi connectivity index (χ1n) is 5.73. The first-order chi connectivity index (χ1) is 8.13. The highest BCUT2D eigenvalue weighted by molar-refractivity contribution is 7.99. The van der Waals surface area contributed by atoms with Crippen molar-refractivity contribution < 1.29 is 0 Å². The molecule has 0 aliphatic carbocycles. The Morgan fingerprint density at radius 2 is 2.18 bits per heavy atom. The van der Waals surface area contributed by atoms with Crippen LogP contribution in [0.15, 0.2) is 17.2 Å². The zero-order valence-electron chi connectivity index (χ0n) is 9.91. The van der Waals surface area contributed by atoms with Crippen molar-refractivity contribution in [2.24, 2.45) is 5.73 Å². The fraction of sp³-hybridized carbons (Fsp3) is 0.500. The summed E-state index contributed by atoms with van der Waals surface area (Å²) in [5.74, 6) is 1.06. The standard InChI is InChI=1S/C12H17ClN2S2/c1-2-3-4-5-6-17-11-8-9(12(14)16)7-10(13)15-11/h7-8H,2-6H2,1H3,(H2,14,16). The van der Waals surface area contributed by atoms with Crippen molar-refractivity contribution >= 4 is 40.6 Å². The number of rotatable bonds is 7. The summed E-state index contributed by atoms with van der Waals surface area (Å²) < 4.78 is 0. The first kappa shape index (κ1) is 14.7. The number of pyridine rings is 1. The Kier molecular flexibility index (Phi) is 6.85. The number of unbranched alkanes of at least 4 members (excludes halogenated alkanes) is 3. The number of hydrogen-bond donors (Lipinski definition) is 1. The van der Waals surface area contributed by atoms with Crippen LogP contribution in [0.1, 0.15) is 38.2 Å². The summed E-state index contributed by atoms with van der Waals surface area (Å²) >= 11 is 12.6. The van der Waals surface area contributed by atoms with Gasteiger partial charge in [0.1, 0.15) is 10.1 Å². The van der Waals surface area contributed by atoms with Gasteiger partial charge in [-0.1, -0.05) is 50.0 Å². The predicted octanol–water partition coefficient (Wildman–Crippen LogP) is 4.04. The maximum absolute atomic E-state index is 5.92. The van der Waals surface area contributed by atoms with Gasteiger partial charge in [-0.05, 0) is 24.3 Å². The average Bonchev–Trinajstić information content (AvgIpc) is 2.28. The van der Waals surface area contributed by atoms with E-state index in [0.29, 0.717) is 10.1 Å². The summed E-state index contributed by atoms with van der Waals surface area (Å²) in [4.78, 5) is 4.61. The molecule has 2 nitrogen and oxygen atoms in total. The molecule has 17 heavy (non-hydrogen) atoms. The van der Waals surface area contributed by atoms with E-state index < -0.39 is 0 Å². The Hall–Kier alpha value is -0.320. The molecule has 0 aliphatic rings. The quantitative estimate of drug-likeness (QED) is 0.356. The van der Waals surface area contributed by atoms with Gasteiger partial charge in [-0.15, -0.1) is 11.8 Å². The monoisotopic (exact) mass is 288 g/mol. The number of aromatic nitrogens is 1. The fourth-order valence-corrected chi connectivity index (χ4v) is 2.70. The minimum absolute atomic E-state index is 0.363. The highest BCUT2D eigenvalue weighted by Crippen LogP contribution is 2.21. The number of thioether (sulfide) groups is 1. The van der Waals surface area contributed by atoms with Gasteiger partial charge in [-0.25, -0.2) is 4.98 Å². The molecule has 0 atom stereocenters. The van der Waals surface area contributed by atoms with Crippen molar-refractivity contribution in [2.45, 2.75) is 37.6 Å². The van der Waals surface area contributed by atoms with Gasteiger partial charge < -0.3 is 5.73 Å². The van der Waals surface area contributed by atoms with E-state index in [-0.39, 0.29) is 0 Å². The Morgan fingerprint density at radius 3 is 2.82 bits per heavy atom. The molecule has 0 amide bonds. The van der Waals surface area contributed by atoms with Gasteiger partial charge in [0.15, 0.2) is 0 Å². The van der Waals surface area contributed by atoms with E-state index in [1.165, 1.54) is 25.7 Å².